The number of aromatic amines is 1. The molecule has 0 fully saturated rings. The molecular weight excluding hydrogens is 406 g/mol. The van der Waals surface area contributed by atoms with Gasteiger partial charge in [-0.1, -0.05) is 42.0 Å². The predicted molar refractivity (Wildman–Crippen MR) is 115 cm³/mol. The SMILES string of the molecule is Cc1ccc(/C=C/S(=O)(=O)NCC(=O)OCCCn2c(=O)[nH]c3ccccc32)cc1. The van der Waals surface area contributed by atoms with Crippen LogP contribution in [0.1, 0.15) is 17.5 Å². The number of sulfonamides is 1. The summed E-state index contributed by atoms with van der Waals surface area (Å²) in [6.07, 6.45) is 1.87. The van der Waals surface area contributed by atoms with Crippen molar-refractivity contribution in [1.82, 2.24) is 14.3 Å². The average molecular weight is 429 g/mol. The van der Waals surface area contributed by atoms with Crippen molar-refractivity contribution < 1.29 is 17.9 Å². The van der Waals surface area contributed by atoms with Gasteiger partial charge in [0.05, 0.1) is 17.6 Å². The highest BCUT2D eigenvalue weighted by atomic mass is 32.2. The number of carbonyl (C=O) groups excluding carboxylic acids is 1. The number of imidazole rings is 1. The van der Waals surface area contributed by atoms with Crippen molar-refractivity contribution in [3.63, 3.8) is 0 Å². The Balaban J connectivity index is 1.42. The van der Waals surface area contributed by atoms with Gasteiger partial charge in [-0.25, -0.2) is 17.9 Å². The van der Waals surface area contributed by atoms with Crippen molar-refractivity contribution in [3.8, 4) is 0 Å². The summed E-state index contributed by atoms with van der Waals surface area (Å²) in [5.74, 6) is -0.686. The van der Waals surface area contributed by atoms with Crippen LogP contribution in [0.15, 0.2) is 58.7 Å². The molecule has 0 spiro atoms. The Bertz CT molecular complexity index is 1210. The van der Waals surface area contributed by atoms with Gasteiger partial charge in [0.2, 0.25) is 10.0 Å². The molecule has 0 amide bonds. The summed E-state index contributed by atoms with van der Waals surface area (Å²) in [5, 5.41) is 1.01. The van der Waals surface area contributed by atoms with Crippen molar-refractivity contribution >= 4 is 33.1 Å². The zero-order valence-corrected chi connectivity index (χ0v) is 17.3. The van der Waals surface area contributed by atoms with Crippen LogP contribution in [-0.2, 0) is 26.1 Å². The molecule has 0 atom stereocenters. The normalized spacial score (nSPS) is 11.9. The number of ether oxygens (including phenoxy) is 1. The second kappa shape index (κ2) is 9.55. The molecule has 0 saturated carbocycles. The lowest BCUT2D eigenvalue weighted by Gasteiger charge is -2.06. The van der Waals surface area contributed by atoms with Crippen molar-refractivity contribution in [3.05, 3.63) is 75.6 Å². The van der Waals surface area contributed by atoms with Gasteiger partial charge in [0, 0.05) is 12.0 Å². The van der Waals surface area contributed by atoms with Gasteiger partial charge in [-0.3, -0.25) is 9.36 Å². The number of para-hydroxylation sites is 2. The number of aromatic nitrogens is 2. The smallest absolute Gasteiger partial charge is 0.326 e. The van der Waals surface area contributed by atoms with Gasteiger partial charge in [-0.05, 0) is 37.1 Å². The minimum absolute atomic E-state index is 0.0751. The van der Waals surface area contributed by atoms with E-state index in [-0.39, 0.29) is 12.3 Å². The Morgan fingerprint density at radius 3 is 2.67 bits per heavy atom. The van der Waals surface area contributed by atoms with E-state index in [0.29, 0.717) is 13.0 Å². The molecule has 1 heterocycles. The zero-order chi connectivity index (χ0) is 21.6. The summed E-state index contributed by atoms with van der Waals surface area (Å²) >= 11 is 0. The van der Waals surface area contributed by atoms with Gasteiger partial charge in [-0.2, -0.15) is 0 Å². The molecule has 8 nitrogen and oxygen atoms in total. The van der Waals surface area contributed by atoms with Crippen LogP contribution in [-0.4, -0.2) is 37.1 Å². The maximum Gasteiger partial charge on any atom is 0.326 e. The predicted octanol–water partition coefficient (Wildman–Crippen LogP) is 2.16. The Labute approximate surface area is 174 Å². The second-order valence-corrected chi connectivity index (χ2v) is 8.40. The third-order valence-electron chi connectivity index (χ3n) is 4.41. The number of aryl methyl sites for hydroxylation is 2. The summed E-state index contributed by atoms with van der Waals surface area (Å²) in [5.41, 5.74) is 3.11. The number of rotatable bonds is 9. The molecule has 9 heteroatoms. The van der Waals surface area contributed by atoms with Crippen LogP contribution in [0.5, 0.6) is 0 Å². The van der Waals surface area contributed by atoms with E-state index in [4.69, 9.17) is 4.74 Å². The number of hydrogen-bond donors (Lipinski definition) is 2. The summed E-state index contributed by atoms with van der Waals surface area (Å²) in [6.45, 7) is 1.93. The number of nitrogens with one attached hydrogen (secondary N) is 2. The average Bonchev–Trinajstić information content (AvgIpc) is 3.04. The van der Waals surface area contributed by atoms with E-state index in [9.17, 15) is 18.0 Å². The molecule has 0 aliphatic heterocycles. The first-order chi connectivity index (χ1) is 14.3. The maximum atomic E-state index is 12.0. The van der Waals surface area contributed by atoms with Gasteiger partial charge in [-0.15, -0.1) is 0 Å². The molecule has 1 aromatic heterocycles. The molecule has 0 bridgehead atoms. The maximum absolute atomic E-state index is 12.0. The van der Waals surface area contributed by atoms with E-state index in [0.717, 1.165) is 27.6 Å². The number of benzene rings is 2. The molecule has 0 radical (unpaired) electrons. The highest BCUT2D eigenvalue weighted by Gasteiger charge is 2.10. The third-order valence-corrected chi connectivity index (χ3v) is 5.45. The molecule has 2 N–H and O–H groups in total. The van der Waals surface area contributed by atoms with Crippen LogP contribution < -0.4 is 10.4 Å². The monoisotopic (exact) mass is 429 g/mol. The van der Waals surface area contributed by atoms with Crippen LogP contribution in [0.4, 0.5) is 0 Å². The first-order valence-electron chi connectivity index (χ1n) is 9.42. The largest absolute Gasteiger partial charge is 0.465 e. The van der Waals surface area contributed by atoms with Crippen LogP contribution in [0, 0.1) is 6.92 Å². The van der Waals surface area contributed by atoms with Crippen LogP contribution >= 0.6 is 0 Å². The van der Waals surface area contributed by atoms with E-state index in [2.05, 4.69) is 9.71 Å². The number of hydrogen-bond acceptors (Lipinski definition) is 5. The minimum Gasteiger partial charge on any atom is -0.465 e. The highest BCUT2D eigenvalue weighted by Crippen LogP contribution is 2.09. The number of esters is 1. The van der Waals surface area contributed by atoms with Crippen molar-refractivity contribution in [2.45, 2.75) is 19.9 Å². The summed E-state index contributed by atoms with van der Waals surface area (Å²) < 4.78 is 32.7. The lowest BCUT2D eigenvalue weighted by atomic mass is 10.2. The molecule has 0 saturated heterocycles. The lowest BCUT2D eigenvalue weighted by Crippen LogP contribution is -2.29. The van der Waals surface area contributed by atoms with Crippen molar-refractivity contribution in [2.24, 2.45) is 0 Å². The van der Waals surface area contributed by atoms with E-state index >= 15 is 0 Å². The summed E-state index contributed by atoms with van der Waals surface area (Å²) in [6, 6.07) is 14.7. The van der Waals surface area contributed by atoms with Gasteiger partial charge < -0.3 is 9.72 Å². The molecule has 3 aromatic rings. The fraction of sp³-hybridized carbons (Fsp3) is 0.238. The summed E-state index contributed by atoms with van der Waals surface area (Å²) in [4.78, 5) is 26.5. The molecule has 3 rings (SSSR count). The second-order valence-electron chi connectivity index (χ2n) is 6.75. The summed E-state index contributed by atoms with van der Waals surface area (Å²) in [7, 11) is -3.76. The Morgan fingerprint density at radius 1 is 1.17 bits per heavy atom. The van der Waals surface area contributed by atoms with Gasteiger partial charge in [0.25, 0.3) is 0 Å². The fourth-order valence-corrected chi connectivity index (χ4v) is 3.59. The third kappa shape index (κ3) is 5.91. The standard InChI is InChI=1S/C21H23N3O5S/c1-16-7-9-17(10-8-16)11-14-30(27,28)22-15-20(25)29-13-4-12-24-19-6-3-2-5-18(19)23-21(24)26/h2-3,5-11,14,22H,4,12-13,15H2,1H3,(H,23,26)/b14-11+. The van der Waals surface area contributed by atoms with E-state index < -0.39 is 22.5 Å². The van der Waals surface area contributed by atoms with Crippen LogP contribution in [0.2, 0.25) is 0 Å². The number of H-pyrrole nitrogens is 1. The molecular formula is C21H23N3O5S. The number of carbonyl (C=O) groups is 1. The molecule has 30 heavy (non-hydrogen) atoms. The first-order valence-corrected chi connectivity index (χ1v) is 11.0. The molecule has 0 aliphatic rings. The fourth-order valence-electron chi connectivity index (χ4n) is 2.84. The molecule has 0 unspecified atom stereocenters. The molecule has 2 aromatic carbocycles. The lowest BCUT2D eigenvalue weighted by molar-refractivity contribution is -0.142. The minimum atomic E-state index is -3.76. The quantitative estimate of drug-likeness (QED) is 0.400. The van der Waals surface area contributed by atoms with Crippen molar-refractivity contribution in [2.75, 3.05) is 13.2 Å². The molecule has 158 valence electrons. The Morgan fingerprint density at radius 2 is 1.90 bits per heavy atom. The van der Waals surface area contributed by atoms with Gasteiger partial charge in [0.1, 0.15) is 6.54 Å². The number of fused-ring (bicyclic) bond motifs is 1. The van der Waals surface area contributed by atoms with Crippen LogP contribution in [0.3, 0.4) is 0 Å². The zero-order valence-electron chi connectivity index (χ0n) is 16.5. The number of nitrogens with zero attached hydrogens (tertiary/aromatic N) is 1. The van der Waals surface area contributed by atoms with E-state index in [1.807, 2.05) is 43.3 Å². The topological polar surface area (TPSA) is 110 Å². The van der Waals surface area contributed by atoms with Gasteiger partial charge >= 0.3 is 11.7 Å². The van der Waals surface area contributed by atoms with E-state index in [1.165, 1.54) is 6.08 Å². The van der Waals surface area contributed by atoms with Crippen molar-refractivity contribution in [1.29, 1.82) is 0 Å². The van der Waals surface area contributed by atoms with Crippen LogP contribution in [0.25, 0.3) is 17.1 Å². The van der Waals surface area contributed by atoms with E-state index in [1.54, 1.807) is 16.7 Å². The Hall–Kier alpha value is -3.17. The Kier molecular flexibility index (Phi) is 6.86. The van der Waals surface area contributed by atoms with Gasteiger partial charge in [0.15, 0.2) is 0 Å². The highest BCUT2D eigenvalue weighted by molar-refractivity contribution is 7.92. The first kappa shape index (κ1) is 21.5. The molecule has 0 aliphatic carbocycles.